The minimum Gasteiger partial charge on any atom is -0.312 e. The van der Waals surface area contributed by atoms with Gasteiger partial charge in [0.2, 0.25) is 0 Å². The fourth-order valence-electron chi connectivity index (χ4n) is 3.19. The van der Waals surface area contributed by atoms with Gasteiger partial charge in [-0.1, -0.05) is 11.6 Å². The molecule has 1 atom stereocenters. The van der Waals surface area contributed by atoms with Gasteiger partial charge < -0.3 is 5.32 Å². The lowest BCUT2D eigenvalue weighted by Gasteiger charge is -2.17. The standard InChI is InChI=1S/C17H15ClFN3OS/c1-9(12-6-10(18)2-3-13(12)19)22-8-21-16-15(17(22)23)11-4-5-20-7-14(11)24-16/h2-3,6,8-9,20H,4-5,7H2,1H3. The van der Waals surface area contributed by atoms with E-state index in [1.807, 2.05) is 0 Å². The third kappa shape index (κ3) is 2.46. The number of rotatable bonds is 2. The first kappa shape index (κ1) is 15.7. The van der Waals surface area contributed by atoms with Crippen molar-refractivity contribution in [1.82, 2.24) is 14.9 Å². The fourth-order valence-corrected chi connectivity index (χ4v) is 4.52. The molecule has 7 heteroatoms. The average Bonchev–Trinajstić information content (AvgIpc) is 2.96. The summed E-state index contributed by atoms with van der Waals surface area (Å²) in [4.78, 5) is 19.4. The number of hydrogen-bond donors (Lipinski definition) is 1. The van der Waals surface area contributed by atoms with E-state index in [9.17, 15) is 9.18 Å². The van der Waals surface area contributed by atoms with Gasteiger partial charge in [0.1, 0.15) is 10.6 Å². The molecule has 3 heterocycles. The summed E-state index contributed by atoms with van der Waals surface area (Å²) in [6.07, 6.45) is 2.32. The van der Waals surface area contributed by atoms with Crippen LogP contribution in [0.3, 0.4) is 0 Å². The van der Waals surface area contributed by atoms with Gasteiger partial charge in [-0.3, -0.25) is 9.36 Å². The summed E-state index contributed by atoms with van der Waals surface area (Å²) in [6, 6.07) is 3.90. The first-order valence-corrected chi connectivity index (χ1v) is 8.92. The molecule has 0 saturated heterocycles. The van der Waals surface area contributed by atoms with E-state index in [0.29, 0.717) is 16.0 Å². The molecule has 0 spiro atoms. The summed E-state index contributed by atoms with van der Waals surface area (Å²) >= 11 is 7.54. The molecule has 0 fully saturated rings. The molecule has 2 aromatic heterocycles. The molecule has 1 aliphatic heterocycles. The number of hydrogen-bond acceptors (Lipinski definition) is 4. The predicted molar refractivity (Wildman–Crippen MR) is 94.5 cm³/mol. The van der Waals surface area contributed by atoms with Gasteiger partial charge >= 0.3 is 0 Å². The van der Waals surface area contributed by atoms with Gasteiger partial charge in [-0.15, -0.1) is 11.3 Å². The Morgan fingerprint density at radius 3 is 3.12 bits per heavy atom. The van der Waals surface area contributed by atoms with E-state index in [-0.39, 0.29) is 11.4 Å². The summed E-state index contributed by atoms with van der Waals surface area (Å²) in [6.45, 7) is 3.41. The second-order valence-electron chi connectivity index (χ2n) is 5.91. The predicted octanol–water partition coefficient (Wildman–Crippen LogP) is 3.51. The maximum Gasteiger partial charge on any atom is 0.262 e. The van der Waals surface area contributed by atoms with E-state index in [4.69, 9.17) is 11.6 Å². The van der Waals surface area contributed by atoms with Gasteiger partial charge in [0.25, 0.3) is 5.56 Å². The second-order valence-corrected chi connectivity index (χ2v) is 7.43. The maximum absolute atomic E-state index is 14.2. The summed E-state index contributed by atoms with van der Waals surface area (Å²) in [5.41, 5.74) is 1.35. The van der Waals surface area contributed by atoms with Crippen LogP contribution in [-0.4, -0.2) is 16.1 Å². The molecule has 3 aromatic rings. The van der Waals surface area contributed by atoms with Crippen molar-refractivity contribution >= 4 is 33.2 Å². The lowest BCUT2D eigenvalue weighted by atomic mass is 10.1. The highest BCUT2D eigenvalue weighted by Crippen LogP contribution is 2.30. The fraction of sp³-hybridized carbons (Fsp3) is 0.294. The highest BCUT2D eigenvalue weighted by atomic mass is 35.5. The Bertz CT molecular complexity index is 997. The molecule has 4 rings (SSSR count). The second kappa shape index (κ2) is 5.95. The molecule has 0 amide bonds. The molecule has 0 aliphatic carbocycles. The largest absolute Gasteiger partial charge is 0.312 e. The highest BCUT2D eigenvalue weighted by Gasteiger charge is 2.22. The van der Waals surface area contributed by atoms with Crippen LogP contribution < -0.4 is 10.9 Å². The van der Waals surface area contributed by atoms with Crippen LogP contribution in [0.15, 0.2) is 29.3 Å². The third-order valence-electron chi connectivity index (χ3n) is 4.48. The van der Waals surface area contributed by atoms with Crippen molar-refractivity contribution < 1.29 is 4.39 Å². The smallest absolute Gasteiger partial charge is 0.262 e. The quantitative estimate of drug-likeness (QED) is 0.758. The van der Waals surface area contributed by atoms with Gasteiger partial charge in [-0.25, -0.2) is 9.37 Å². The summed E-state index contributed by atoms with van der Waals surface area (Å²) in [5.74, 6) is -0.379. The molecule has 0 saturated carbocycles. The molecule has 0 bridgehead atoms. The van der Waals surface area contributed by atoms with Gasteiger partial charge in [-0.2, -0.15) is 0 Å². The SMILES string of the molecule is CC(c1cc(Cl)ccc1F)n1cnc2sc3c(c2c1=O)CCNC3. The molecular formula is C17H15ClFN3OS. The first-order valence-electron chi connectivity index (χ1n) is 7.73. The molecule has 1 aromatic carbocycles. The number of benzene rings is 1. The Hall–Kier alpha value is -1.76. The van der Waals surface area contributed by atoms with Crippen molar-refractivity contribution in [2.24, 2.45) is 0 Å². The minimum absolute atomic E-state index is 0.119. The molecular weight excluding hydrogens is 349 g/mol. The van der Waals surface area contributed by atoms with E-state index in [1.54, 1.807) is 24.3 Å². The van der Waals surface area contributed by atoms with Crippen molar-refractivity contribution in [2.75, 3.05) is 6.54 Å². The van der Waals surface area contributed by atoms with Crippen LogP contribution in [-0.2, 0) is 13.0 Å². The molecule has 1 N–H and O–H groups in total. The van der Waals surface area contributed by atoms with Gasteiger partial charge in [0, 0.05) is 22.0 Å². The lowest BCUT2D eigenvalue weighted by Crippen LogP contribution is -2.27. The normalized spacial score (nSPS) is 15.5. The Morgan fingerprint density at radius 1 is 1.46 bits per heavy atom. The van der Waals surface area contributed by atoms with Crippen LogP contribution in [0.5, 0.6) is 0 Å². The molecule has 4 nitrogen and oxygen atoms in total. The van der Waals surface area contributed by atoms with Gasteiger partial charge in [0.05, 0.1) is 17.8 Å². The van der Waals surface area contributed by atoms with E-state index in [0.717, 1.165) is 29.9 Å². The Labute approximate surface area is 146 Å². The summed E-state index contributed by atoms with van der Waals surface area (Å²) < 4.78 is 15.7. The number of nitrogens with one attached hydrogen (secondary N) is 1. The Kier molecular flexibility index (Phi) is 3.90. The Morgan fingerprint density at radius 2 is 2.29 bits per heavy atom. The van der Waals surface area contributed by atoms with Crippen LogP contribution in [0.4, 0.5) is 4.39 Å². The number of thiophene rings is 1. The molecule has 124 valence electrons. The van der Waals surface area contributed by atoms with Gasteiger partial charge in [0.15, 0.2) is 0 Å². The van der Waals surface area contributed by atoms with E-state index < -0.39 is 6.04 Å². The van der Waals surface area contributed by atoms with Crippen LogP contribution in [0.25, 0.3) is 10.2 Å². The number of fused-ring (bicyclic) bond motifs is 3. The highest BCUT2D eigenvalue weighted by molar-refractivity contribution is 7.18. The van der Waals surface area contributed by atoms with E-state index in [1.165, 1.54) is 27.9 Å². The van der Waals surface area contributed by atoms with Crippen molar-refractivity contribution in [1.29, 1.82) is 0 Å². The van der Waals surface area contributed by atoms with E-state index in [2.05, 4.69) is 10.3 Å². The van der Waals surface area contributed by atoms with Crippen molar-refractivity contribution in [2.45, 2.75) is 25.9 Å². The lowest BCUT2D eigenvalue weighted by molar-refractivity contribution is 0.545. The van der Waals surface area contributed by atoms with E-state index >= 15 is 0 Å². The monoisotopic (exact) mass is 363 g/mol. The number of aromatic nitrogens is 2. The number of halogens is 2. The van der Waals surface area contributed by atoms with Gasteiger partial charge in [-0.05, 0) is 43.7 Å². The van der Waals surface area contributed by atoms with Crippen LogP contribution >= 0.6 is 22.9 Å². The minimum atomic E-state index is -0.481. The summed E-state index contributed by atoms with van der Waals surface area (Å²) in [7, 11) is 0. The zero-order valence-corrected chi connectivity index (χ0v) is 14.5. The van der Waals surface area contributed by atoms with Crippen molar-refractivity contribution in [3.05, 3.63) is 61.7 Å². The van der Waals surface area contributed by atoms with Crippen molar-refractivity contribution in [3.8, 4) is 0 Å². The third-order valence-corrected chi connectivity index (χ3v) is 5.86. The zero-order valence-electron chi connectivity index (χ0n) is 13.0. The van der Waals surface area contributed by atoms with Crippen LogP contribution in [0.1, 0.15) is 29.0 Å². The summed E-state index contributed by atoms with van der Waals surface area (Å²) in [5, 5.41) is 4.43. The molecule has 24 heavy (non-hydrogen) atoms. The topological polar surface area (TPSA) is 46.9 Å². The van der Waals surface area contributed by atoms with Crippen molar-refractivity contribution in [3.63, 3.8) is 0 Å². The Balaban J connectivity index is 1.89. The first-order chi connectivity index (χ1) is 11.6. The number of nitrogens with zero attached hydrogens (tertiary/aromatic N) is 2. The maximum atomic E-state index is 14.2. The average molecular weight is 364 g/mol. The molecule has 1 unspecified atom stereocenters. The molecule has 0 radical (unpaired) electrons. The zero-order chi connectivity index (χ0) is 16.8. The van der Waals surface area contributed by atoms with Crippen LogP contribution in [0, 0.1) is 5.82 Å². The molecule has 1 aliphatic rings. The van der Waals surface area contributed by atoms with Crippen LogP contribution in [0.2, 0.25) is 5.02 Å².